The predicted molar refractivity (Wildman–Crippen MR) is 105 cm³/mol. The number of carbonyl (C=O) groups is 1. The van der Waals surface area contributed by atoms with Gasteiger partial charge in [-0.25, -0.2) is 4.79 Å². The van der Waals surface area contributed by atoms with Gasteiger partial charge in [0.2, 0.25) is 0 Å². The van der Waals surface area contributed by atoms with Crippen LogP contribution >= 0.6 is 0 Å². The maximum Gasteiger partial charge on any atom is 0.407 e. The van der Waals surface area contributed by atoms with Gasteiger partial charge in [-0.1, -0.05) is 69.8 Å². The van der Waals surface area contributed by atoms with E-state index < -0.39 is 6.09 Å². The molecule has 0 atom stereocenters. The zero-order chi connectivity index (χ0) is 19.0. The summed E-state index contributed by atoms with van der Waals surface area (Å²) in [5.41, 5.74) is 3.19. The molecule has 0 fully saturated rings. The second-order valence-corrected chi connectivity index (χ2v) is 7.04. The monoisotopic (exact) mass is 353 g/mol. The Bertz CT molecular complexity index is 733. The fraction of sp³-hybridized carbons (Fsp3) is 0.318. The van der Waals surface area contributed by atoms with Crippen molar-refractivity contribution in [2.45, 2.75) is 32.8 Å². The van der Waals surface area contributed by atoms with Gasteiger partial charge in [-0.15, -0.1) is 0 Å². The van der Waals surface area contributed by atoms with Crippen LogP contribution in [0.25, 0.3) is 6.08 Å². The SMILES string of the molecule is C=Cc1cc(C(C)(C)C)ccc1OCCNC(=O)OCc1ccccc1. The average Bonchev–Trinajstić information content (AvgIpc) is 2.63. The second-order valence-electron chi connectivity index (χ2n) is 7.04. The first kappa shape index (κ1) is 19.6. The van der Waals surface area contributed by atoms with Gasteiger partial charge in [0, 0.05) is 5.56 Å². The lowest BCUT2D eigenvalue weighted by atomic mass is 9.86. The predicted octanol–water partition coefficient (Wildman–Crippen LogP) is 4.93. The van der Waals surface area contributed by atoms with Crippen LogP contribution in [-0.4, -0.2) is 19.2 Å². The van der Waals surface area contributed by atoms with Crippen LogP contribution < -0.4 is 10.1 Å². The van der Waals surface area contributed by atoms with E-state index in [1.54, 1.807) is 6.08 Å². The van der Waals surface area contributed by atoms with Crippen LogP contribution in [0, 0.1) is 0 Å². The summed E-state index contributed by atoms with van der Waals surface area (Å²) in [6.45, 7) is 11.3. The fourth-order valence-electron chi connectivity index (χ4n) is 2.39. The van der Waals surface area contributed by atoms with Crippen LogP contribution in [0.4, 0.5) is 4.79 Å². The highest BCUT2D eigenvalue weighted by Gasteiger charge is 2.15. The van der Waals surface area contributed by atoms with Crippen LogP contribution in [0.2, 0.25) is 0 Å². The van der Waals surface area contributed by atoms with Crippen molar-refractivity contribution in [1.82, 2.24) is 5.32 Å². The number of alkyl carbamates (subject to hydrolysis) is 1. The van der Waals surface area contributed by atoms with E-state index in [-0.39, 0.29) is 12.0 Å². The van der Waals surface area contributed by atoms with Gasteiger partial charge in [-0.2, -0.15) is 0 Å². The van der Waals surface area contributed by atoms with Gasteiger partial charge in [-0.05, 0) is 28.7 Å². The van der Waals surface area contributed by atoms with Crippen LogP contribution in [0.1, 0.15) is 37.5 Å². The normalized spacial score (nSPS) is 10.9. The summed E-state index contributed by atoms with van der Waals surface area (Å²) < 4.78 is 10.9. The summed E-state index contributed by atoms with van der Waals surface area (Å²) in [5, 5.41) is 2.68. The van der Waals surface area contributed by atoms with E-state index in [1.165, 1.54) is 5.56 Å². The van der Waals surface area contributed by atoms with E-state index in [1.807, 2.05) is 36.4 Å². The third-order valence-corrected chi connectivity index (χ3v) is 3.94. The topological polar surface area (TPSA) is 47.6 Å². The minimum absolute atomic E-state index is 0.0698. The zero-order valence-electron chi connectivity index (χ0n) is 15.7. The van der Waals surface area contributed by atoms with Crippen molar-refractivity contribution in [3.8, 4) is 5.75 Å². The van der Waals surface area contributed by atoms with Crippen LogP contribution in [0.3, 0.4) is 0 Å². The van der Waals surface area contributed by atoms with E-state index in [4.69, 9.17) is 9.47 Å². The zero-order valence-corrected chi connectivity index (χ0v) is 15.7. The first-order valence-electron chi connectivity index (χ1n) is 8.74. The number of hydrogen-bond donors (Lipinski definition) is 1. The standard InChI is InChI=1S/C22H27NO3/c1-5-18-15-19(22(2,3)4)11-12-20(18)25-14-13-23-21(24)26-16-17-9-7-6-8-10-17/h5-12,15H,1,13-14,16H2,2-4H3,(H,23,24). The molecule has 26 heavy (non-hydrogen) atoms. The minimum Gasteiger partial charge on any atom is -0.491 e. The Labute approximate surface area is 155 Å². The molecule has 0 saturated carbocycles. The molecule has 0 aliphatic rings. The molecule has 2 aromatic rings. The molecule has 0 aliphatic carbocycles. The summed E-state index contributed by atoms with van der Waals surface area (Å²) in [4.78, 5) is 11.7. The molecule has 0 bridgehead atoms. The summed E-state index contributed by atoms with van der Waals surface area (Å²) in [6.07, 6.45) is 1.33. The van der Waals surface area contributed by atoms with Crippen LogP contribution in [-0.2, 0) is 16.8 Å². The summed E-state index contributed by atoms with van der Waals surface area (Å²) in [6, 6.07) is 15.7. The van der Waals surface area contributed by atoms with E-state index in [2.05, 4.69) is 44.8 Å². The highest BCUT2D eigenvalue weighted by atomic mass is 16.5. The molecule has 1 N–H and O–H groups in total. The number of benzene rings is 2. The van der Waals surface area contributed by atoms with Gasteiger partial charge in [0.1, 0.15) is 19.0 Å². The van der Waals surface area contributed by atoms with E-state index in [9.17, 15) is 4.79 Å². The molecular formula is C22H27NO3. The first-order chi connectivity index (χ1) is 12.4. The third kappa shape index (κ3) is 5.96. The van der Waals surface area contributed by atoms with E-state index >= 15 is 0 Å². The van der Waals surface area contributed by atoms with Gasteiger partial charge in [0.05, 0.1) is 6.54 Å². The molecule has 0 radical (unpaired) electrons. The van der Waals surface area contributed by atoms with Gasteiger partial charge >= 0.3 is 6.09 Å². The van der Waals surface area contributed by atoms with E-state index in [0.717, 1.165) is 16.9 Å². The van der Waals surface area contributed by atoms with Crippen molar-refractivity contribution in [2.24, 2.45) is 0 Å². The Balaban J connectivity index is 1.77. The van der Waals surface area contributed by atoms with Crippen molar-refractivity contribution in [2.75, 3.05) is 13.2 Å². The second kappa shape index (κ2) is 9.09. The summed E-state index contributed by atoms with van der Waals surface area (Å²) >= 11 is 0. The largest absolute Gasteiger partial charge is 0.491 e. The lowest BCUT2D eigenvalue weighted by Gasteiger charge is -2.20. The van der Waals surface area contributed by atoms with Gasteiger partial charge < -0.3 is 14.8 Å². The number of carbonyl (C=O) groups excluding carboxylic acids is 1. The molecule has 4 heteroatoms. The van der Waals surface area contributed by atoms with E-state index in [0.29, 0.717) is 13.2 Å². The molecule has 1 amide bonds. The number of hydrogen-bond acceptors (Lipinski definition) is 3. The Hall–Kier alpha value is -2.75. The summed E-state index contributed by atoms with van der Waals surface area (Å²) in [7, 11) is 0. The molecule has 2 rings (SSSR count). The maximum atomic E-state index is 11.7. The Morgan fingerprint density at radius 2 is 1.88 bits per heavy atom. The molecule has 4 nitrogen and oxygen atoms in total. The molecule has 2 aromatic carbocycles. The summed E-state index contributed by atoms with van der Waals surface area (Å²) in [5.74, 6) is 0.757. The lowest BCUT2D eigenvalue weighted by Crippen LogP contribution is -2.28. The molecule has 0 saturated heterocycles. The highest BCUT2D eigenvalue weighted by Crippen LogP contribution is 2.28. The molecular weight excluding hydrogens is 326 g/mol. The van der Waals surface area contributed by atoms with Gasteiger partial charge in [-0.3, -0.25) is 0 Å². The highest BCUT2D eigenvalue weighted by molar-refractivity contribution is 5.67. The molecule has 0 aliphatic heterocycles. The molecule has 0 spiro atoms. The van der Waals surface area contributed by atoms with Crippen molar-refractivity contribution in [1.29, 1.82) is 0 Å². The molecule has 138 valence electrons. The quantitative estimate of drug-likeness (QED) is 0.718. The third-order valence-electron chi connectivity index (χ3n) is 3.94. The fourth-order valence-corrected chi connectivity index (χ4v) is 2.39. The average molecular weight is 353 g/mol. The van der Waals surface area contributed by atoms with Crippen LogP contribution in [0.15, 0.2) is 55.1 Å². The lowest BCUT2D eigenvalue weighted by molar-refractivity contribution is 0.137. The molecule has 0 unspecified atom stereocenters. The van der Waals surface area contributed by atoms with Crippen molar-refractivity contribution < 1.29 is 14.3 Å². The van der Waals surface area contributed by atoms with Gasteiger partial charge in [0.25, 0.3) is 0 Å². The number of rotatable bonds is 7. The van der Waals surface area contributed by atoms with Crippen molar-refractivity contribution in [3.63, 3.8) is 0 Å². The Morgan fingerprint density at radius 1 is 1.15 bits per heavy atom. The Morgan fingerprint density at radius 3 is 2.54 bits per heavy atom. The molecule has 0 heterocycles. The number of nitrogens with one attached hydrogen (secondary N) is 1. The number of amides is 1. The minimum atomic E-state index is -0.454. The smallest absolute Gasteiger partial charge is 0.407 e. The first-order valence-corrected chi connectivity index (χ1v) is 8.74. The Kier molecular flexibility index (Phi) is 6.84. The van der Waals surface area contributed by atoms with Gasteiger partial charge in [0.15, 0.2) is 0 Å². The maximum absolute atomic E-state index is 11.7. The van der Waals surface area contributed by atoms with Crippen molar-refractivity contribution >= 4 is 12.2 Å². The van der Waals surface area contributed by atoms with Crippen LogP contribution in [0.5, 0.6) is 5.75 Å². The van der Waals surface area contributed by atoms with Crippen molar-refractivity contribution in [3.05, 3.63) is 71.8 Å². The molecule has 0 aromatic heterocycles. The number of ether oxygens (including phenoxy) is 2.